The Kier molecular flexibility index (Phi) is 34.5. The first-order chi connectivity index (χ1) is 36.6. The van der Waals surface area contributed by atoms with E-state index in [1.54, 1.807) is 0 Å². The van der Waals surface area contributed by atoms with E-state index in [0.29, 0.717) is 19.3 Å². The lowest BCUT2D eigenvalue weighted by Crippen LogP contribution is -2.36. The van der Waals surface area contributed by atoms with Crippen molar-refractivity contribution in [2.75, 3.05) is 25.6 Å². The maximum Gasteiger partial charge on any atom is 0.481 e. The van der Waals surface area contributed by atoms with E-state index in [9.17, 15) is 43.5 Å². The molecular weight excluding hydrogens is 1020 g/mol. The fourth-order valence-corrected chi connectivity index (χ4v) is 10.1. The van der Waals surface area contributed by atoms with Gasteiger partial charge in [0.15, 0.2) is 12.3 Å². The van der Waals surface area contributed by atoms with Gasteiger partial charge in [0.25, 0.3) is 0 Å². The summed E-state index contributed by atoms with van der Waals surface area (Å²) in [5, 5.41) is 21.0. The first kappa shape index (κ1) is 66.4. The third-order valence-corrected chi connectivity index (χ3v) is 15.0. The fraction of sp³-hybridized carbons (Fsp3) is 0.673. The second-order valence-corrected chi connectivity index (χ2v) is 22.2. The summed E-state index contributed by atoms with van der Waals surface area (Å²) in [6, 6.07) is 1.24. The van der Waals surface area contributed by atoms with E-state index in [1.165, 1.54) is 51.0 Å². The quantitative estimate of drug-likeness (QED) is 0.0133. The largest absolute Gasteiger partial charge is 0.481 e. The van der Waals surface area contributed by atoms with Gasteiger partial charge in [0, 0.05) is 19.0 Å². The van der Waals surface area contributed by atoms with Gasteiger partial charge in [0.05, 0.1) is 25.4 Å². The van der Waals surface area contributed by atoms with Crippen molar-refractivity contribution in [3.63, 3.8) is 0 Å². The third kappa shape index (κ3) is 30.9. The van der Waals surface area contributed by atoms with Gasteiger partial charge in [-0.15, -0.1) is 0 Å². The van der Waals surface area contributed by atoms with E-state index in [1.807, 2.05) is 12.2 Å². The van der Waals surface area contributed by atoms with Crippen molar-refractivity contribution >= 4 is 33.4 Å². The molecule has 4 unspecified atom stereocenters. The standard InChI is InChI=1S/C55H89N3O16P2/c1-3-5-7-9-11-13-14-15-16-17-18-19-20-21-22-23-25-27-29-34-38-50(59)68-42-45(71-51(60)39-35-31-30-33-37-47-46(72-47)36-32-28-26-24-12-10-8-6-4-2)43-69-75(64,65)74-76(66,67)70-44-48-52(61)53(62)54(73-48)58-41-40-49(56)57-55(58)63/h12-14,16-17,19-20,24,28,30,32-33,40-41,45-48,52-54,61-62H,3-11,15,18,21-23,25-27,29,31,34-39,42-44H2,1-2H3,(H,64,65)(H,66,67)(H2,56,57,63)/b14-13-,17-16-,20-19-,24-12-,32-28-,33-30-/t45-,46?,47?,48-,52-,53-,54-/m1/s1. The number of ether oxygens (including phenoxy) is 4. The van der Waals surface area contributed by atoms with Gasteiger partial charge in [-0.25, -0.2) is 13.9 Å². The molecule has 0 aromatic carbocycles. The van der Waals surface area contributed by atoms with Gasteiger partial charge < -0.3 is 44.7 Å². The van der Waals surface area contributed by atoms with E-state index < -0.39 is 83.7 Å². The molecule has 9 atom stereocenters. The Morgan fingerprint density at radius 3 is 1.78 bits per heavy atom. The Labute approximate surface area is 450 Å². The SMILES string of the molecule is CCCCC/C=C\C/C=C\CC1OC1C/C=C\CCCC(=O)O[C@H](COC(=O)CCCCCCCC/C=C\C/C=C\C/C=C\CCCCCC)COP(=O)(O)OP(=O)(O)OC[C@H]1O[C@@H](n2ccc(N)nc2=O)[C@H](O)[C@@H]1O. The van der Waals surface area contributed by atoms with Crippen LogP contribution in [0.1, 0.15) is 181 Å². The molecule has 76 heavy (non-hydrogen) atoms. The molecule has 0 radical (unpaired) electrons. The summed E-state index contributed by atoms with van der Waals surface area (Å²) < 4.78 is 62.7. The summed E-state index contributed by atoms with van der Waals surface area (Å²) in [4.78, 5) is 62.1. The summed E-state index contributed by atoms with van der Waals surface area (Å²) in [5.74, 6) is -1.39. The van der Waals surface area contributed by atoms with Crippen molar-refractivity contribution in [1.82, 2.24) is 9.55 Å². The zero-order chi connectivity index (χ0) is 55.3. The van der Waals surface area contributed by atoms with Crippen LogP contribution in [0.2, 0.25) is 0 Å². The molecule has 2 fully saturated rings. The lowest BCUT2D eigenvalue weighted by atomic mass is 10.1. The smallest absolute Gasteiger partial charge is 0.462 e. The molecule has 1 aromatic heterocycles. The zero-order valence-corrected chi connectivity index (χ0v) is 46.8. The number of epoxide rings is 1. The molecule has 2 aliphatic rings. The number of phosphoric acid groups is 2. The van der Waals surface area contributed by atoms with Crippen LogP contribution in [0.25, 0.3) is 0 Å². The topological polar surface area (TPSA) is 278 Å². The van der Waals surface area contributed by atoms with Crippen molar-refractivity contribution in [2.24, 2.45) is 0 Å². The number of nitrogens with zero attached hydrogens (tertiary/aromatic N) is 2. The average molecular weight is 1110 g/mol. The summed E-state index contributed by atoms with van der Waals surface area (Å²) in [7, 11) is -10.9. The molecule has 2 saturated heterocycles. The monoisotopic (exact) mass is 1110 g/mol. The Morgan fingerprint density at radius 1 is 0.645 bits per heavy atom. The van der Waals surface area contributed by atoms with Crippen LogP contribution in [-0.4, -0.2) is 97.9 Å². The van der Waals surface area contributed by atoms with E-state index in [4.69, 9.17) is 33.7 Å². The van der Waals surface area contributed by atoms with E-state index in [0.717, 1.165) is 94.2 Å². The highest BCUT2D eigenvalue weighted by molar-refractivity contribution is 7.61. The number of carbonyl (C=O) groups is 2. The van der Waals surface area contributed by atoms with Crippen molar-refractivity contribution in [2.45, 2.75) is 217 Å². The van der Waals surface area contributed by atoms with Crippen LogP contribution in [0.5, 0.6) is 0 Å². The molecule has 0 bridgehead atoms. The van der Waals surface area contributed by atoms with E-state index >= 15 is 0 Å². The minimum absolute atomic E-state index is 0.0404. The molecule has 2 aliphatic heterocycles. The molecule has 21 heteroatoms. The number of phosphoric ester groups is 2. The summed E-state index contributed by atoms with van der Waals surface area (Å²) >= 11 is 0. The number of nitrogen functional groups attached to an aromatic ring is 1. The number of hydrogen-bond donors (Lipinski definition) is 5. The molecular formula is C55H89N3O16P2. The zero-order valence-electron chi connectivity index (χ0n) is 45.0. The number of anilines is 1. The summed E-state index contributed by atoms with van der Waals surface area (Å²) in [6.07, 6.45) is 42.8. The second kappa shape index (κ2) is 39.5. The average Bonchev–Trinajstić information content (AvgIpc) is 4.07. The van der Waals surface area contributed by atoms with Crippen LogP contribution in [0, 0.1) is 0 Å². The van der Waals surface area contributed by atoms with Gasteiger partial charge in [0.2, 0.25) is 0 Å². The van der Waals surface area contributed by atoms with Crippen molar-refractivity contribution in [3.05, 3.63) is 95.7 Å². The highest BCUT2D eigenvalue weighted by Crippen LogP contribution is 2.60. The number of unbranched alkanes of at least 4 members (excludes halogenated alkanes) is 14. The maximum absolute atomic E-state index is 12.9. The Morgan fingerprint density at radius 2 is 1.14 bits per heavy atom. The highest BCUT2D eigenvalue weighted by Gasteiger charge is 2.46. The van der Waals surface area contributed by atoms with Crippen LogP contribution in [0.15, 0.2) is 90.0 Å². The molecule has 0 saturated carbocycles. The number of nitrogens with two attached hydrogens (primary N) is 1. The van der Waals surface area contributed by atoms with Gasteiger partial charge in [0.1, 0.15) is 30.7 Å². The molecule has 0 spiro atoms. The Hall–Kier alpha value is -3.84. The predicted octanol–water partition coefficient (Wildman–Crippen LogP) is 11.0. The number of aliphatic hydroxyl groups excluding tert-OH is 2. The van der Waals surface area contributed by atoms with Crippen LogP contribution in [0.4, 0.5) is 5.82 Å². The molecule has 1 aromatic rings. The van der Waals surface area contributed by atoms with Crippen LogP contribution < -0.4 is 11.4 Å². The maximum atomic E-state index is 12.9. The minimum Gasteiger partial charge on any atom is -0.462 e. The van der Waals surface area contributed by atoms with Crippen LogP contribution >= 0.6 is 15.6 Å². The highest BCUT2D eigenvalue weighted by atomic mass is 31.3. The van der Waals surface area contributed by atoms with Gasteiger partial charge in [-0.1, -0.05) is 145 Å². The first-order valence-electron chi connectivity index (χ1n) is 27.6. The number of allylic oxidation sites excluding steroid dienone is 10. The van der Waals surface area contributed by atoms with Gasteiger partial charge >= 0.3 is 33.3 Å². The number of rotatable bonds is 44. The predicted molar refractivity (Wildman–Crippen MR) is 293 cm³/mol. The van der Waals surface area contributed by atoms with Crippen LogP contribution in [0.3, 0.4) is 0 Å². The minimum atomic E-state index is -5.45. The van der Waals surface area contributed by atoms with Crippen molar-refractivity contribution in [3.8, 4) is 0 Å². The fourth-order valence-electron chi connectivity index (χ4n) is 8.00. The van der Waals surface area contributed by atoms with E-state index in [2.05, 4.69) is 83.9 Å². The Balaban J connectivity index is 1.40. The number of aliphatic hydroxyl groups is 2. The number of aromatic nitrogens is 2. The van der Waals surface area contributed by atoms with Crippen molar-refractivity contribution in [1.29, 1.82) is 0 Å². The van der Waals surface area contributed by atoms with Crippen molar-refractivity contribution < 1.29 is 71.0 Å². The molecule has 19 nitrogen and oxygen atoms in total. The third-order valence-electron chi connectivity index (χ3n) is 12.4. The molecule has 430 valence electrons. The number of esters is 2. The molecule has 3 heterocycles. The van der Waals surface area contributed by atoms with Crippen LogP contribution in [-0.2, 0) is 51.0 Å². The molecule has 3 rings (SSSR count). The van der Waals surface area contributed by atoms with Gasteiger partial charge in [-0.2, -0.15) is 9.29 Å². The summed E-state index contributed by atoms with van der Waals surface area (Å²) in [5.41, 5.74) is 4.59. The van der Waals surface area contributed by atoms with E-state index in [-0.39, 0.29) is 30.9 Å². The lowest BCUT2D eigenvalue weighted by molar-refractivity contribution is -0.161. The number of hydrogen-bond acceptors (Lipinski definition) is 16. The van der Waals surface area contributed by atoms with Gasteiger partial charge in [-0.3, -0.25) is 23.2 Å². The first-order valence-corrected chi connectivity index (χ1v) is 30.6. The molecule has 6 N–H and O–H groups in total. The lowest BCUT2D eigenvalue weighted by Gasteiger charge is -2.21. The normalized spacial score (nSPS) is 21.9. The second-order valence-electron chi connectivity index (χ2n) is 19.1. The molecule has 0 aliphatic carbocycles. The summed E-state index contributed by atoms with van der Waals surface area (Å²) in [6.45, 7) is 2.04. The molecule has 0 amide bonds. The Bertz CT molecular complexity index is 2130. The number of carbonyl (C=O) groups excluding carboxylic acids is 2. The van der Waals surface area contributed by atoms with Gasteiger partial charge in [-0.05, 0) is 96.0 Å².